The van der Waals surface area contributed by atoms with E-state index < -0.39 is 0 Å². The summed E-state index contributed by atoms with van der Waals surface area (Å²) in [7, 11) is 0. The topological polar surface area (TPSA) is 60.4 Å². The van der Waals surface area contributed by atoms with E-state index in [9.17, 15) is 5.11 Å². The van der Waals surface area contributed by atoms with E-state index >= 15 is 0 Å². The van der Waals surface area contributed by atoms with Crippen LogP contribution < -0.4 is 18.9 Å². The molecule has 0 fully saturated rings. The fraction of sp³-hybridized carbons (Fsp3) is 0.400. The molecular formula is C50H61NO5. The number of phenolic OH excluding ortho intramolecular Hbond substituents is 1. The first-order valence-electron chi connectivity index (χ1n) is 20.9. The van der Waals surface area contributed by atoms with Crippen molar-refractivity contribution in [1.29, 1.82) is 0 Å². The van der Waals surface area contributed by atoms with Crippen LogP contribution in [-0.2, 0) is 38.8 Å². The molecule has 6 rings (SSSR count). The van der Waals surface area contributed by atoms with E-state index in [4.69, 9.17) is 18.9 Å². The summed E-state index contributed by atoms with van der Waals surface area (Å²) in [6.07, 6.45) is 6.01. The van der Waals surface area contributed by atoms with Crippen molar-refractivity contribution in [3.8, 4) is 28.7 Å². The molecule has 0 saturated heterocycles. The summed E-state index contributed by atoms with van der Waals surface area (Å²) >= 11 is 0. The van der Waals surface area contributed by atoms with Gasteiger partial charge in [-0.3, -0.25) is 4.90 Å². The highest BCUT2D eigenvalue weighted by molar-refractivity contribution is 5.58. The maximum atomic E-state index is 11.4. The van der Waals surface area contributed by atoms with Crippen LogP contribution in [0.15, 0.2) is 91.0 Å². The molecule has 296 valence electrons. The van der Waals surface area contributed by atoms with E-state index in [0.717, 1.165) is 113 Å². The quantitative estimate of drug-likeness (QED) is 0.100. The third-order valence-corrected chi connectivity index (χ3v) is 10.3. The standard InChI is InChI=1S/C50H61NO5/c1-6-22-53-47-38-18-14-20-40(47)29-42-26-37(35-51(10-5)34-36-16-12-11-13-17-36)27-43(49(42)55-24-8-3)31-45-33-46(52)32-44(50(45)56-25-9-4)30-41-21-15-19-39(28-38)48(41)54-23-7-2/h11-21,26-27,32-33,52H,6-10,22-25,28-31,34-35H2,1-5H3. The van der Waals surface area contributed by atoms with Crippen molar-refractivity contribution in [1.82, 2.24) is 4.90 Å². The summed E-state index contributed by atoms with van der Waals surface area (Å²) < 4.78 is 26.7. The highest BCUT2D eigenvalue weighted by Gasteiger charge is 2.23. The lowest BCUT2D eigenvalue weighted by Gasteiger charge is -2.25. The fourth-order valence-electron chi connectivity index (χ4n) is 7.77. The van der Waals surface area contributed by atoms with Gasteiger partial charge < -0.3 is 24.1 Å². The molecule has 1 aliphatic carbocycles. The van der Waals surface area contributed by atoms with Crippen LogP contribution in [0.4, 0.5) is 0 Å². The Morgan fingerprint density at radius 1 is 0.429 bits per heavy atom. The molecule has 0 atom stereocenters. The van der Waals surface area contributed by atoms with Gasteiger partial charge in [0.25, 0.3) is 0 Å². The Morgan fingerprint density at radius 3 is 1.20 bits per heavy atom. The van der Waals surface area contributed by atoms with Crippen LogP contribution in [0, 0.1) is 0 Å². The van der Waals surface area contributed by atoms with Gasteiger partial charge in [0, 0.05) is 49.9 Å². The predicted octanol–water partition coefficient (Wildman–Crippen LogP) is 11.2. The first kappa shape index (κ1) is 40.7. The summed E-state index contributed by atoms with van der Waals surface area (Å²) in [4.78, 5) is 2.49. The molecule has 0 amide bonds. The number of fused-ring (bicyclic) bond motifs is 8. The lowest BCUT2D eigenvalue weighted by molar-refractivity contribution is 0.270. The normalized spacial score (nSPS) is 12.4. The third-order valence-electron chi connectivity index (χ3n) is 10.3. The molecular weight excluding hydrogens is 695 g/mol. The molecule has 1 N–H and O–H groups in total. The second kappa shape index (κ2) is 20.3. The Morgan fingerprint density at radius 2 is 0.786 bits per heavy atom. The summed E-state index contributed by atoms with van der Waals surface area (Å²) in [5.41, 5.74) is 11.1. The molecule has 5 aromatic carbocycles. The van der Waals surface area contributed by atoms with Gasteiger partial charge >= 0.3 is 0 Å². The third kappa shape index (κ3) is 10.3. The van der Waals surface area contributed by atoms with Crippen molar-refractivity contribution in [2.24, 2.45) is 0 Å². The monoisotopic (exact) mass is 755 g/mol. The number of para-hydroxylation sites is 2. The number of benzene rings is 5. The molecule has 0 heterocycles. The minimum absolute atomic E-state index is 0.229. The molecule has 56 heavy (non-hydrogen) atoms. The fourth-order valence-corrected chi connectivity index (χ4v) is 7.77. The zero-order valence-corrected chi connectivity index (χ0v) is 34.3. The molecule has 6 nitrogen and oxygen atoms in total. The molecule has 0 radical (unpaired) electrons. The SMILES string of the molecule is CCCOc1c2cccc1Cc1cc(O)cc(c1OCCC)Cc1cc(CN(CC)Cc3ccccc3)cc(c1OCCC)Cc1cccc(c1OCCC)C2. The Kier molecular flexibility index (Phi) is 14.8. The van der Waals surface area contributed by atoms with Crippen LogP contribution in [-0.4, -0.2) is 43.0 Å². The molecule has 0 aromatic heterocycles. The van der Waals surface area contributed by atoms with E-state index in [1.54, 1.807) is 0 Å². The molecule has 0 unspecified atom stereocenters. The Bertz CT molecular complexity index is 2020. The van der Waals surface area contributed by atoms with Crippen LogP contribution in [0.2, 0.25) is 0 Å². The summed E-state index contributed by atoms with van der Waals surface area (Å²) in [6, 6.07) is 32.2. The van der Waals surface area contributed by atoms with Crippen LogP contribution >= 0.6 is 0 Å². The van der Waals surface area contributed by atoms with E-state index in [2.05, 4.69) is 118 Å². The maximum absolute atomic E-state index is 11.4. The Hall–Kier alpha value is -4.94. The van der Waals surface area contributed by atoms with E-state index in [1.807, 2.05) is 12.1 Å². The van der Waals surface area contributed by atoms with Crippen molar-refractivity contribution in [3.05, 3.63) is 147 Å². The molecule has 0 saturated carbocycles. The summed E-state index contributed by atoms with van der Waals surface area (Å²) in [6.45, 7) is 15.8. The van der Waals surface area contributed by atoms with Gasteiger partial charge in [0.2, 0.25) is 0 Å². The van der Waals surface area contributed by atoms with Gasteiger partial charge in [-0.2, -0.15) is 0 Å². The van der Waals surface area contributed by atoms with E-state index in [-0.39, 0.29) is 5.75 Å². The maximum Gasteiger partial charge on any atom is 0.126 e. The number of nitrogens with zero attached hydrogens (tertiary/aromatic N) is 1. The zero-order valence-electron chi connectivity index (χ0n) is 34.3. The van der Waals surface area contributed by atoms with Crippen LogP contribution in [0.5, 0.6) is 28.7 Å². The second-order valence-corrected chi connectivity index (χ2v) is 15.0. The summed E-state index contributed by atoms with van der Waals surface area (Å²) in [5.74, 6) is 3.82. The molecule has 8 bridgehead atoms. The molecule has 1 aliphatic rings. The smallest absolute Gasteiger partial charge is 0.126 e. The van der Waals surface area contributed by atoms with Crippen molar-refractivity contribution in [2.75, 3.05) is 33.0 Å². The second-order valence-electron chi connectivity index (χ2n) is 15.0. The van der Waals surface area contributed by atoms with Crippen molar-refractivity contribution in [3.63, 3.8) is 0 Å². The van der Waals surface area contributed by atoms with Gasteiger partial charge in [-0.15, -0.1) is 0 Å². The van der Waals surface area contributed by atoms with Gasteiger partial charge in [-0.25, -0.2) is 0 Å². The lowest BCUT2D eigenvalue weighted by atomic mass is 9.90. The van der Waals surface area contributed by atoms with E-state index in [1.165, 1.54) is 11.1 Å². The van der Waals surface area contributed by atoms with Gasteiger partial charge in [0.05, 0.1) is 26.4 Å². The number of rotatable bonds is 17. The van der Waals surface area contributed by atoms with Gasteiger partial charge in [0.15, 0.2) is 0 Å². The number of phenols is 1. The largest absolute Gasteiger partial charge is 0.508 e. The predicted molar refractivity (Wildman–Crippen MR) is 228 cm³/mol. The molecule has 6 heteroatoms. The zero-order chi connectivity index (χ0) is 39.3. The lowest BCUT2D eigenvalue weighted by Crippen LogP contribution is -2.22. The van der Waals surface area contributed by atoms with Crippen molar-refractivity contribution >= 4 is 0 Å². The average Bonchev–Trinajstić information content (AvgIpc) is 3.19. The van der Waals surface area contributed by atoms with E-state index in [0.29, 0.717) is 52.1 Å². The highest BCUT2D eigenvalue weighted by Crippen LogP contribution is 2.41. The highest BCUT2D eigenvalue weighted by atomic mass is 16.5. The average molecular weight is 756 g/mol. The Balaban J connectivity index is 1.59. The number of aromatic hydroxyl groups is 1. The minimum Gasteiger partial charge on any atom is -0.508 e. The summed E-state index contributed by atoms with van der Waals surface area (Å²) in [5, 5.41) is 11.4. The van der Waals surface area contributed by atoms with Crippen LogP contribution in [0.25, 0.3) is 0 Å². The number of ether oxygens (including phenoxy) is 4. The molecule has 0 aliphatic heterocycles. The number of hydrogen-bond donors (Lipinski definition) is 1. The van der Waals surface area contributed by atoms with Crippen LogP contribution in [0.3, 0.4) is 0 Å². The van der Waals surface area contributed by atoms with Gasteiger partial charge in [-0.05, 0) is 88.9 Å². The molecule has 5 aromatic rings. The Labute approximate surface area is 335 Å². The van der Waals surface area contributed by atoms with Gasteiger partial charge in [0.1, 0.15) is 28.7 Å². The van der Waals surface area contributed by atoms with Crippen LogP contribution in [0.1, 0.15) is 116 Å². The number of hydrogen-bond acceptors (Lipinski definition) is 6. The first-order chi connectivity index (χ1) is 27.4. The minimum atomic E-state index is 0.229. The first-order valence-corrected chi connectivity index (χ1v) is 20.9. The van der Waals surface area contributed by atoms with Crippen molar-refractivity contribution in [2.45, 2.75) is 99.1 Å². The van der Waals surface area contributed by atoms with Crippen molar-refractivity contribution < 1.29 is 24.1 Å². The van der Waals surface area contributed by atoms with Gasteiger partial charge in [-0.1, -0.05) is 113 Å². The molecule has 0 spiro atoms.